The highest BCUT2D eigenvalue weighted by atomic mass is 35.5. The van der Waals surface area contributed by atoms with E-state index in [4.69, 9.17) is 32.7 Å². The maximum Gasteiger partial charge on any atom is 0.242 e. The molecule has 0 saturated carbocycles. The molecule has 8 heteroatoms. The normalized spacial score (nSPS) is 19.2. The molecule has 1 amide bonds. The summed E-state index contributed by atoms with van der Waals surface area (Å²) in [4.78, 5) is 12.5. The molecule has 0 radical (unpaired) electrons. The zero-order chi connectivity index (χ0) is 18.7. The molecule has 0 spiro atoms. The van der Waals surface area contributed by atoms with E-state index >= 15 is 0 Å². The summed E-state index contributed by atoms with van der Waals surface area (Å²) in [6.07, 6.45) is 0.565. The number of benzene rings is 2. The number of nitrogens with one attached hydrogen (secondary N) is 3. The van der Waals surface area contributed by atoms with Gasteiger partial charge in [0.25, 0.3) is 0 Å². The minimum Gasteiger partial charge on any atom is -0.497 e. The Bertz CT molecular complexity index is 816. The lowest BCUT2D eigenvalue weighted by Gasteiger charge is -2.15. The largest absolute Gasteiger partial charge is 0.497 e. The van der Waals surface area contributed by atoms with Crippen LogP contribution in [0.1, 0.15) is 18.0 Å². The molecule has 1 aliphatic heterocycles. The van der Waals surface area contributed by atoms with Crippen molar-refractivity contribution < 1.29 is 14.3 Å². The van der Waals surface area contributed by atoms with E-state index in [0.29, 0.717) is 33.7 Å². The van der Waals surface area contributed by atoms with Crippen molar-refractivity contribution in [3.8, 4) is 11.5 Å². The van der Waals surface area contributed by atoms with Crippen molar-refractivity contribution in [2.45, 2.75) is 18.5 Å². The summed E-state index contributed by atoms with van der Waals surface area (Å²) in [6.45, 7) is 0. The summed E-state index contributed by atoms with van der Waals surface area (Å²) in [5, 5.41) is 3.67. The van der Waals surface area contributed by atoms with Crippen LogP contribution in [0, 0.1) is 0 Å². The fourth-order valence-corrected chi connectivity index (χ4v) is 3.14. The molecule has 3 rings (SSSR count). The fourth-order valence-electron chi connectivity index (χ4n) is 2.84. The number of methoxy groups -OCH3 is 2. The number of hydrogen-bond donors (Lipinski definition) is 3. The van der Waals surface area contributed by atoms with Crippen LogP contribution in [0.2, 0.25) is 10.0 Å². The number of carbonyl (C=O) groups excluding carboxylic acids is 1. The molecular weight excluding hydrogens is 377 g/mol. The highest BCUT2D eigenvalue weighted by Gasteiger charge is 2.31. The summed E-state index contributed by atoms with van der Waals surface area (Å²) in [5.41, 5.74) is 7.71. The van der Waals surface area contributed by atoms with Gasteiger partial charge in [-0.15, -0.1) is 0 Å². The molecule has 1 aliphatic rings. The lowest BCUT2D eigenvalue weighted by Crippen LogP contribution is -2.39. The molecule has 0 bridgehead atoms. The molecule has 2 aromatic carbocycles. The number of hydrogen-bond acceptors (Lipinski definition) is 5. The topological polar surface area (TPSA) is 71.6 Å². The van der Waals surface area contributed by atoms with Crippen LogP contribution in [0.15, 0.2) is 36.4 Å². The molecule has 2 atom stereocenters. The number of halogens is 2. The van der Waals surface area contributed by atoms with E-state index in [2.05, 4.69) is 16.2 Å². The van der Waals surface area contributed by atoms with E-state index in [1.54, 1.807) is 32.4 Å². The Balaban J connectivity index is 1.68. The number of ether oxygens (including phenoxy) is 2. The Labute approximate surface area is 161 Å². The van der Waals surface area contributed by atoms with Crippen molar-refractivity contribution >= 4 is 34.8 Å². The molecule has 138 valence electrons. The van der Waals surface area contributed by atoms with Crippen LogP contribution >= 0.6 is 23.2 Å². The summed E-state index contributed by atoms with van der Waals surface area (Å²) in [5.74, 6) is 1.26. The van der Waals surface area contributed by atoms with Gasteiger partial charge < -0.3 is 14.8 Å². The number of amides is 1. The zero-order valence-electron chi connectivity index (χ0n) is 14.3. The monoisotopic (exact) mass is 395 g/mol. The minimum absolute atomic E-state index is 0.0691. The second-order valence-corrected chi connectivity index (χ2v) is 6.67. The number of carbonyl (C=O) groups is 1. The number of anilines is 1. The maximum absolute atomic E-state index is 12.5. The second kappa shape index (κ2) is 8.14. The lowest BCUT2D eigenvalue weighted by molar-refractivity contribution is -0.117. The minimum atomic E-state index is -0.402. The van der Waals surface area contributed by atoms with Gasteiger partial charge in [0.2, 0.25) is 5.91 Å². The van der Waals surface area contributed by atoms with Gasteiger partial charge in [0.15, 0.2) is 0 Å². The van der Waals surface area contributed by atoms with E-state index < -0.39 is 6.04 Å². The first-order valence-corrected chi connectivity index (χ1v) is 8.76. The van der Waals surface area contributed by atoms with Gasteiger partial charge in [-0.25, -0.2) is 10.9 Å². The van der Waals surface area contributed by atoms with Crippen LogP contribution in [-0.4, -0.2) is 26.2 Å². The molecule has 2 unspecified atom stereocenters. The number of rotatable bonds is 5. The first-order chi connectivity index (χ1) is 12.5. The van der Waals surface area contributed by atoms with Crippen molar-refractivity contribution in [2.24, 2.45) is 0 Å². The fraction of sp³-hybridized carbons (Fsp3) is 0.278. The average Bonchev–Trinajstić information content (AvgIpc) is 3.14. The van der Waals surface area contributed by atoms with Crippen molar-refractivity contribution in [1.29, 1.82) is 0 Å². The molecule has 1 saturated heterocycles. The Morgan fingerprint density at radius 2 is 1.88 bits per heavy atom. The molecule has 1 heterocycles. The molecule has 6 nitrogen and oxygen atoms in total. The van der Waals surface area contributed by atoms with Gasteiger partial charge in [0.05, 0.1) is 30.3 Å². The molecule has 3 N–H and O–H groups in total. The Kier molecular flexibility index (Phi) is 5.88. The van der Waals surface area contributed by atoms with E-state index in [-0.39, 0.29) is 11.9 Å². The van der Waals surface area contributed by atoms with Crippen LogP contribution < -0.4 is 25.6 Å². The quantitative estimate of drug-likeness (QED) is 0.721. The van der Waals surface area contributed by atoms with E-state index in [1.165, 1.54) is 0 Å². The first kappa shape index (κ1) is 18.8. The average molecular weight is 396 g/mol. The third kappa shape index (κ3) is 4.04. The number of hydrazine groups is 1. The standard InChI is InChI=1S/C18H19Cl2N3O3/c1-25-11-4-5-12(17(8-11)26-2)15-9-16(23-22-15)18(24)21-10-3-6-13(19)14(20)7-10/h3-8,15-16,22-23H,9H2,1-2H3,(H,21,24). The Morgan fingerprint density at radius 3 is 2.58 bits per heavy atom. The highest BCUT2D eigenvalue weighted by Crippen LogP contribution is 2.33. The van der Waals surface area contributed by atoms with Gasteiger partial charge >= 0.3 is 0 Å². The first-order valence-electron chi connectivity index (χ1n) is 8.00. The van der Waals surface area contributed by atoms with Crippen molar-refractivity contribution in [3.63, 3.8) is 0 Å². The van der Waals surface area contributed by atoms with Gasteiger partial charge in [-0.05, 0) is 30.7 Å². The third-order valence-corrected chi connectivity index (χ3v) is 4.96. The Morgan fingerprint density at radius 1 is 1.08 bits per heavy atom. The van der Waals surface area contributed by atoms with Gasteiger partial charge in [-0.1, -0.05) is 29.3 Å². The van der Waals surface area contributed by atoms with Gasteiger partial charge in [-0.2, -0.15) is 0 Å². The van der Waals surface area contributed by atoms with E-state index in [1.807, 2.05) is 18.2 Å². The summed E-state index contributed by atoms with van der Waals surface area (Å²) in [6, 6.07) is 10.1. The molecule has 26 heavy (non-hydrogen) atoms. The Hall–Kier alpha value is -1.99. The molecule has 0 aliphatic carbocycles. The SMILES string of the molecule is COc1ccc(C2CC(C(=O)Nc3ccc(Cl)c(Cl)c3)NN2)c(OC)c1. The summed E-state index contributed by atoms with van der Waals surface area (Å²) < 4.78 is 10.7. The van der Waals surface area contributed by atoms with Crippen molar-refractivity contribution in [1.82, 2.24) is 10.9 Å². The van der Waals surface area contributed by atoms with Crippen LogP contribution in [-0.2, 0) is 4.79 Å². The van der Waals surface area contributed by atoms with E-state index in [9.17, 15) is 4.79 Å². The smallest absolute Gasteiger partial charge is 0.242 e. The van der Waals surface area contributed by atoms with Crippen molar-refractivity contribution in [2.75, 3.05) is 19.5 Å². The lowest BCUT2D eigenvalue weighted by atomic mass is 10.0. The maximum atomic E-state index is 12.5. The second-order valence-electron chi connectivity index (χ2n) is 5.86. The third-order valence-electron chi connectivity index (χ3n) is 4.22. The predicted octanol–water partition coefficient (Wildman–Crippen LogP) is 3.56. The summed E-state index contributed by atoms with van der Waals surface area (Å²) >= 11 is 11.9. The molecule has 2 aromatic rings. The molecule has 0 aromatic heterocycles. The zero-order valence-corrected chi connectivity index (χ0v) is 15.8. The highest BCUT2D eigenvalue weighted by molar-refractivity contribution is 6.42. The van der Waals surface area contributed by atoms with Crippen LogP contribution in [0.25, 0.3) is 0 Å². The molecule has 1 fully saturated rings. The predicted molar refractivity (Wildman–Crippen MR) is 102 cm³/mol. The summed E-state index contributed by atoms with van der Waals surface area (Å²) in [7, 11) is 3.21. The van der Waals surface area contributed by atoms with Crippen LogP contribution in [0.5, 0.6) is 11.5 Å². The van der Waals surface area contributed by atoms with E-state index in [0.717, 1.165) is 5.56 Å². The van der Waals surface area contributed by atoms with Crippen LogP contribution in [0.3, 0.4) is 0 Å². The van der Waals surface area contributed by atoms with Gasteiger partial charge in [0, 0.05) is 17.3 Å². The van der Waals surface area contributed by atoms with Gasteiger partial charge in [0.1, 0.15) is 17.5 Å². The van der Waals surface area contributed by atoms with Crippen LogP contribution in [0.4, 0.5) is 5.69 Å². The van der Waals surface area contributed by atoms with Crippen molar-refractivity contribution in [3.05, 3.63) is 52.0 Å². The molecular formula is C18H19Cl2N3O3. The van der Waals surface area contributed by atoms with Gasteiger partial charge in [-0.3, -0.25) is 4.79 Å².